The summed E-state index contributed by atoms with van der Waals surface area (Å²) in [6.07, 6.45) is 1.65. The Hall–Kier alpha value is -2.35. The third kappa shape index (κ3) is 2.33. The normalized spacial score (nSPS) is 10.3. The topological polar surface area (TPSA) is 70.7 Å². The number of carbonyl (C=O) groups excluding carboxylic acids is 1. The Bertz CT molecular complexity index is 636. The van der Waals surface area contributed by atoms with Crippen LogP contribution >= 0.6 is 0 Å². The van der Waals surface area contributed by atoms with Crippen molar-refractivity contribution in [3.8, 4) is 6.07 Å². The summed E-state index contributed by atoms with van der Waals surface area (Å²) in [6, 6.07) is 5.91. The fourth-order valence-corrected chi connectivity index (χ4v) is 1.79. The Morgan fingerprint density at radius 1 is 1.44 bits per heavy atom. The van der Waals surface area contributed by atoms with Crippen molar-refractivity contribution in [3.63, 3.8) is 0 Å². The largest absolute Gasteiger partial charge is 0.341 e. The number of aromatic nitrogens is 2. The van der Waals surface area contributed by atoms with Gasteiger partial charge in [0.25, 0.3) is 0 Å². The van der Waals surface area contributed by atoms with Gasteiger partial charge in [-0.1, -0.05) is 0 Å². The van der Waals surface area contributed by atoms with Gasteiger partial charge in [0.05, 0.1) is 23.4 Å². The lowest BCUT2D eigenvalue weighted by Crippen LogP contribution is -2.27. The second-order valence-corrected chi connectivity index (χ2v) is 4.23. The molecule has 2 rings (SSSR count). The van der Waals surface area contributed by atoms with E-state index in [1.54, 1.807) is 10.9 Å². The molecule has 1 aromatic heterocycles. The second kappa shape index (κ2) is 4.88. The quantitative estimate of drug-likeness (QED) is 0.824. The molecule has 1 heterocycles. The lowest BCUT2D eigenvalue weighted by molar-refractivity contribution is -0.121. The van der Waals surface area contributed by atoms with Gasteiger partial charge in [0.2, 0.25) is 5.91 Å². The van der Waals surface area contributed by atoms with Crippen LogP contribution in [0.25, 0.3) is 11.0 Å². The van der Waals surface area contributed by atoms with Crippen LogP contribution in [0.15, 0.2) is 18.5 Å². The van der Waals surface area contributed by atoms with Gasteiger partial charge in [-0.3, -0.25) is 4.79 Å². The molecule has 0 bridgehead atoms. The summed E-state index contributed by atoms with van der Waals surface area (Å²) in [5, 5.41) is 10.9. The van der Waals surface area contributed by atoms with Crippen molar-refractivity contribution in [2.24, 2.45) is 0 Å². The Kier molecular flexibility index (Phi) is 3.28. The standard InChI is InChI=1S/C13H14N4O/c1-9-5-11-12(6-10(9)2)17(8-16-11)7-13(18)15-4-3-14/h5-6,8H,4,7H2,1-2H3,(H,15,18). The lowest BCUT2D eigenvalue weighted by Gasteiger charge is -2.05. The van der Waals surface area contributed by atoms with Gasteiger partial charge in [-0.05, 0) is 37.1 Å². The smallest absolute Gasteiger partial charge is 0.240 e. The molecule has 92 valence electrons. The van der Waals surface area contributed by atoms with E-state index in [0.29, 0.717) is 0 Å². The highest BCUT2D eigenvalue weighted by molar-refractivity contribution is 5.81. The van der Waals surface area contributed by atoms with Crippen LogP contribution in [0.2, 0.25) is 0 Å². The van der Waals surface area contributed by atoms with Gasteiger partial charge in [0.15, 0.2) is 0 Å². The van der Waals surface area contributed by atoms with E-state index < -0.39 is 0 Å². The van der Waals surface area contributed by atoms with Crippen LogP contribution in [-0.4, -0.2) is 22.0 Å². The Morgan fingerprint density at radius 2 is 2.17 bits per heavy atom. The average Bonchev–Trinajstić information content (AvgIpc) is 2.70. The number of nitrogens with one attached hydrogen (secondary N) is 1. The number of benzene rings is 1. The van der Waals surface area contributed by atoms with Gasteiger partial charge in [-0.25, -0.2) is 4.98 Å². The van der Waals surface area contributed by atoms with E-state index in [1.807, 2.05) is 32.0 Å². The number of imidazole rings is 1. The van der Waals surface area contributed by atoms with Crippen molar-refractivity contribution in [1.82, 2.24) is 14.9 Å². The molecule has 0 saturated carbocycles. The molecule has 0 radical (unpaired) electrons. The molecule has 0 aliphatic carbocycles. The van der Waals surface area contributed by atoms with E-state index in [0.717, 1.165) is 11.0 Å². The van der Waals surface area contributed by atoms with Crippen LogP contribution in [0.1, 0.15) is 11.1 Å². The average molecular weight is 242 g/mol. The molecule has 0 fully saturated rings. The summed E-state index contributed by atoms with van der Waals surface area (Å²) in [5.41, 5.74) is 4.17. The third-order valence-corrected chi connectivity index (χ3v) is 2.92. The van der Waals surface area contributed by atoms with Gasteiger partial charge < -0.3 is 9.88 Å². The van der Waals surface area contributed by atoms with E-state index in [9.17, 15) is 4.79 Å². The molecule has 2 aromatic rings. The Balaban J connectivity index is 2.27. The predicted octanol–water partition coefficient (Wildman–Crippen LogP) is 1.29. The van der Waals surface area contributed by atoms with E-state index in [-0.39, 0.29) is 19.0 Å². The highest BCUT2D eigenvalue weighted by atomic mass is 16.1. The van der Waals surface area contributed by atoms with Crippen molar-refractivity contribution in [2.45, 2.75) is 20.4 Å². The van der Waals surface area contributed by atoms with Crippen LogP contribution in [-0.2, 0) is 11.3 Å². The monoisotopic (exact) mass is 242 g/mol. The minimum Gasteiger partial charge on any atom is -0.341 e. The van der Waals surface area contributed by atoms with E-state index in [2.05, 4.69) is 10.3 Å². The highest BCUT2D eigenvalue weighted by Gasteiger charge is 2.08. The molecule has 0 saturated heterocycles. The van der Waals surface area contributed by atoms with Crippen LogP contribution in [0.4, 0.5) is 0 Å². The number of hydrogen-bond donors (Lipinski definition) is 1. The maximum atomic E-state index is 11.6. The van der Waals surface area contributed by atoms with Gasteiger partial charge in [-0.15, -0.1) is 0 Å². The first-order chi connectivity index (χ1) is 8.61. The minimum atomic E-state index is -0.186. The molecule has 0 spiro atoms. The van der Waals surface area contributed by atoms with Gasteiger partial charge in [-0.2, -0.15) is 5.26 Å². The van der Waals surface area contributed by atoms with Gasteiger partial charge in [0, 0.05) is 0 Å². The van der Waals surface area contributed by atoms with Crippen LogP contribution in [0.3, 0.4) is 0 Å². The molecule has 5 nitrogen and oxygen atoms in total. The first kappa shape index (κ1) is 12.1. The molecule has 18 heavy (non-hydrogen) atoms. The van der Waals surface area contributed by atoms with Crippen LogP contribution in [0.5, 0.6) is 0 Å². The molecular weight excluding hydrogens is 228 g/mol. The number of aryl methyl sites for hydroxylation is 2. The number of hydrogen-bond acceptors (Lipinski definition) is 3. The van der Waals surface area contributed by atoms with Crippen LogP contribution in [0, 0.1) is 25.2 Å². The van der Waals surface area contributed by atoms with E-state index in [4.69, 9.17) is 5.26 Å². The van der Waals surface area contributed by atoms with Crippen LogP contribution < -0.4 is 5.32 Å². The Morgan fingerprint density at radius 3 is 2.89 bits per heavy atom. The first-order valence-electron chi connectivity index (χ1n) is 5.67. The van der Waals surface area contributed by atoms with Crippen molar-refractivity contribution in [1.29, 1.82) is 5.26 Å². The maximum absolute atomic E-state index is 11.6. The summed E-state index contributed by atoms with van der Waals surface area (Å²) in [6.45, 7) is 4.28. The fourth-order valence-electron chi connectivity index (χ4n) is 1.79. The molecule has 1 amide bonds. The molecule has 1 N–H and O–H groups in total. The van der Waals surface area contributed by atoms with Gasteiger partial charge in [0.1, 0.15) is 13.1 Å². The zero-order chi connectivity index (χ0) is 13.1. The zero-order valence-corrected chi connectivity index (χ0v) is 10.4. The third-order valence-electron chi connectivity index (χ3n) is 2.92. The SMILES string of the molecule is Cc1cc2ncn(CC(=O)NCC#N)c2cc1C. The molecule has 0 aliphatic rings. The molecule has 0 unspecified atom stereocenters. The number of rotatable bonds is 3. The Labute approximate surface area is 105 Å². The second-order valence-electron chi connectivity index (χ2n) is 4.23. The summed E-state index contributed by atoms with van der Waals surface area (Å²) < 4.78 is 1.79. The van der Waals surface area contributed by atoms with Crippen molar-refractivity contribution < 1.29 is 4.79 Å². The van der Waals surface area contributed by atoms with Crippen molar-refractivity contribution in [3.05, 3.63) is 29.6 Å². The number of carbonyl (C=O) groups is 1. The molecular formula is C13H14N4O. The summed E-state index contributed by atoms with van der Waals surface area (Å²) in [5.74, 6) is -0.186. The van der Waals surface area contributed by atoms with Gasteiger partial charge >= 0.3 is 0 Å². The van der Waals surface area contributed by atoms with Crippen molar-refractivity contribution >= 4 is 16.9 Å². The maximum Gasteiger partial charge on any atom is 0.240 e. The predicted molar refractivity (Wildman–Crippen MR) is 67.8 cm³/mol. The van der Waals surface area contributed by atoms with E-state index >= 15 is 0 Å². The zero-order valence-electron chi connectivity index (χ0n) is 10.4. The highest BCUT2D eigenvalue weighted by Crippen LogP contribution is 2.18. The van der Waals surface area contributed by atoms with E-state index in [1.165, 1.54) is 11.1 Å². The minimum absolute atomic E-state index is 0.0313. The summed E-state index contributed by atoms with van der Waals surface area (Å²) in [4.78, 5) is 15.8. The number of fused-ring (bicyclic) bond motifs is 1. The first-order valence-corrected chi connectivity index (χ1v) is 5.67. The fraction of sp³-hybridized carbons (Fsp3) is 0.308. The number of nitrogens with zero attached hydrogens (tertiary/aromatic N) is 3. The molecule has 0 atom stereocenters. The summed E-state index contributed by atoms with van der Waals surface area (Å²) in [7, 11) is 0. The summed E-state index contributed by atoms with van der Waals surface area (Å²) >= 11 is 0. The molecule has 0 aliphatic heterocycles. The number of amides is 1. The lowest BCUT2D eigenvalue weighted by atomic mass is 10.1. The van der Waals surface area contributed by atoms with Crippen molar-refractivity contribution in [2.75, 3.05) is 6.54 Å². The number of nitriles is 1. The molecule has 5 heteroatoms. The molecule has 1 aromatic carbocycles.